The van der Waals surface area contributed by atoms with E-state index in [9.17, 15) is 17.6 Å². The topological polar surface area (TPSA) is 88.4 Å². The molecule has 0 N–H and O–H groups in total. The predicted molar refractivity (Wildman–Crippen MR) is 157 cm³/mol. The van der Waals surface area contributed by atoms with E-state index >= 15 is 0 Å². The first-order chi connectivity index (χ1) is 20.3. The number of aromatic nitrogens is 3. The van der Waals surface area contributed by atoms with E-state index in [0.29, 0.717) is 17.8 Å². The molecule has 0 spiro atoms. The quantitative estimate of drug-likeness (QED) is 0.300. The Morgan fingerprint density at radius 2 is 1.64 bits per heavy atom. The summed E-state index contributed by atoms with van der Waals surface area (Å²) in [7, 11) is -3.87. The summed E-state index contributed by atoms with van der Waals surface area (Å²) in [6, 6.07) is 18.4. The smallest absolute Gasteiger partial charge is 0.243 e. The molecule has 2 aromatic heterocycles. The van der Waals surface area contributed by atoms with Crippen molar-refractivity contribution in [1.82, 2.24) is 19.1 Å². The van der Waals surface area contributed by atoms with Crippen molar-refractivity contribution in [3.05, 3.63) is 107 Å². The zero-order valence-corrected chi connectivity index (χ0v) is 23.8. The van der Waals surface area contributed by atoms with Gasteiger partial charge in [0.25, 0.3) is 0 Å². The van der Waals surface area contributed by atoms with Crippen molar-refractivity contribution < 1.29 is 17.6 Å². The molecule has 1 aliphatic carbocycles. The third kappa shape index (κ3) is 4.46. The van der Waals surface area contributed by atoms with Crippen molar-refractivity contribution in [2.45, 2.75) is 30.6 Å². The van der Waals surface area contributed by atoms with E-state index in [0.717, 1.165) is 48.4 Å². The lowest BCUT2D eigenvalue weighted by atomic mass is 9.65. The first kappa shape index (κ1) is 26.7. The Balaban J connectivity index is 1.26. The average molecular weight is 584 g/mol. The SMILES string of the molecule is O=C(c1ccccn1)[C@]12Cc3cnn(-c4ccc(F)cc4)c3C=C1CCN(S(=O)(=O)c1ccc(N3CCCC3)cc1)C2. The fraction of sp³-hybridized carbons (Fsp3) is 0.281. The summed E-state index contributed by atoms with van der Waals surface area (Å²) in [5, 5.41) is 4.56. The van der Waals surface area contributed by atoms with Crippen molar-refractivity contribution in [3.8, 4) is 5.69 Å². The number of hydrogen-bond acceptors (Lipinski definition) is 6. The van der Waals surface area contributed by atoms with Crippen LogP contribution in [0.4, 0.5) is 10.1 Å². The number of hydrogen-bond donors (Lipinski definition) is 0. The summed E-state index contributed by atoms with van der Waals surface area (Å²) in [4.78, 5) is 21.1. The van der Waals surface area contributed by atoms with Crippen LogP contribution in [0.5, 0.6) is 0 Å². The molecule has 4 heterocycles. The minimum absolute atomic E-state index is 0.00557. The van der Waals surface area contributed by atoms with Crippen LogP contribution in [-0.2, 0) is 16.4 Å². The van der Waals surface area contributed by atoms with Gasteiger partial charge >= 0.3 is 0 Å². The minimum Gasteiger partial charge on any atom is -0.372 e. The number of rotatable bonds is 6. The first-order valence-electron chi connectivity index (χ1n) is 14.2. The number of sulfonamides is 1. The Labute approximate surface area is 244 Å². The number of piperidine rings is 1. The van der Waals surface area contributed by atoms with Crippen molar-refractivity contribution >= 4 is 27.6 Å². The lowest BCUT2D eigenvalue weighted by Crippen LogP contribution is -2.53. The van der Waals surface area contributed by atoms with Gasteiger partial charge in [0.05, 0.1) is 27.9 Å². The molecule has 2 fully saturated rings. The maximum atomic E-state index is 14.3. The molecule has 0 saturated carbocycles. The number of anilines is 1. The summed E-state index contributed by atoms with van der Waals surface area (Å²) in [5.74, 6) is -0.545. The van der Waals surface area contributed by atoms with Gasteiger partial charge in [-0.25, -0.2) is 17.5 Å². The Hall–Kier alpha value is -4.15. The molecular weight excluding hydrogens is 553 g/mol. The number of halogens is 1. The second kappa shape index (κ2) is 10.3. The lowest BCUT2D eigenvalue weighted by Gasteiger charge is -2.44. The maximum absolute atomic E-state index is 14.3. The van der Waals surface area contributed by atoms with Crippen LogP contribution in [-0.4, -0.2) is 59.4 Å². The molecule has 0 radical (unpaired) electrons. The summed E-state index contributed by atoms with van der Waals surface area (Å²) in [6.07, 6.45) is 8.20. The molecule has 10 heteroatoms. The van der Waals surface area contributed by atoms with Gasteiger partial charge in [0, 0.05) is 38.1 Å². The van der Waals surface area contributed by atoms with E-state index in [1.165, 1.54) is 16.4 Å². The fourth-order valence-electron chi connectivity index (χ4n) is 6.50. The normalized spacial score (nSPS) is 20.6. The number of Topliss-reactive ketones (excluding diaryl/α,β-unsaturated/α-hetero) is 1. The van der Waals surface area contributed by atoms with Gasteiger partial charge in [-0.3, -0.25) is 9.78 Å². The van der Waals surface area contributed by atoms with Crippen LogP contribution in [0.15, 0.2) is 89.6 Å². The van der Waals surface area contributed by atoms with Gasteiger partial charge in [-0.05, 0) is 98.0 Å². The molecular formula is C32H30FN5O3S. The van der Waals surface area contributed by atoms with Gasteiger partial charge in [-0.1, -0.05) is 11.6 Å². The molecule has 0 bridgehead atoms. The lowest BCUT2D eigenvalue weighted by molar-refractivity contribution is 0.0770. The highest BCUT2D eigenvalue weighted by atomic mass is 32.2. The van der Waals surface area contributed by atoms with Gasteiger partial charge in [-0.2, -0.15) is 9.40 Å². The summed E-state index contributed by atoms with van der Waals surface area (Å²) < 4.78 is 44.7. The van der Waals surface area contributed by atoms with Crippen LogP contribution in [0.1, 0.15) is 41.0 Å². The Morgan fingerprint density at radius 1 is 0.905 bits per heavy atom. The molecule has 4 aromatic rings. The van der Waals surface area contributed by atoms with Crippen molar-refractivity contribution in [1.29, 1.82) is 0 Å². The molecule has 214 valence electrons. The van der Waals surface area contributed by atoms with Gasteiger partial charge < -0.3 is 4.90 Å². The van der Waals surface area contributed by atoms with Gasteiger partial charge in [-0.15, -0.1) is 0 Å². The number of nitrogens with zero attached hydrogens (tertiary/aromatic N) is 5. The Morgan fingerprint density at radius 3 is 2.36 bits per heavy atom. The van der Waals surface area contributed by atoms with E-state index < -0.39 is 15.4 Å². The molecule has 7 rings (SSSR count). The Kier molecular flexibility index (Phi) is 6.55. The summed E-state index contributed by atoms with van der Waals surface area (Å²) >= 11 is 0. The molecule has 0 unspecified atom stereocenters. The minimum atomic E-state index is -3.87. The molecule has 1 atom stereocenters. The second-order valence-electron chi connectivity index (χ2n) is 11.2. The molecule has 8 nitrogen and oxygen atoms in total. The molecule has 0 amide bonds. The molecule has 3 aliphatic rings. The highest BCUT2D eigenvalue weighted by Gasteiger charge is 2.51. The van der Waals surface area contributed by atoms with E-state index in [2.05, 4.69) is 15.0 Å². The number of carbonyl (C=O) groups excluding carboxylic acids is 1. The third-order valence-electron chi connectivity index (χ3n) is 8.73. The fourth-order valence-corrected chi connectivity index (χ4v) is 8.00. The third-order valence-corrected chi connectivity index (χ3v) is 10.6. The van der Waals surface area contributed by atoms with E-state index in [1.807, 2.05) is 18.2 Å². The molecule has 2 saturated heterocycles. The highest BCUT2D eigenvalue weighted by Crippen LogP contribution is 2.47. The average Bonchev–Trinajstić information content (AvgIpc) is 3.71. The highest BCUT2D eigenvalue weighted by molar-refractivity contribution is 7.89. The standard InChI is InChI=1S/C32H30FN5O3S/c33-25-6-8-27(9-7-25)38-30-19-24-14-18-37(42(40,41)28-12-10-26(11-13-28)36-16-3-4-17-36)22-32(24,20-23(30)21-35-38)31(39)29-5-1-2-15-34-29/h1-2,5-13,15,19,21H,3-4,14,16-18,20,22H2/t32-/m0/s1. The van der Waals surface area contributed by atoms with Crippen LogP contribution in [0.3, 0.4) is 0 Å². The second-order valence-corrected chi connectivity index (χ2v) is 13.1. The largest absolute Gasteiger partial charge is 0.372 e. The van der Waals surface area contributed by atoms with Crippen molar-refractivity contribution in [2.24, 2.45) is 5.41 Å². The molecule has 2 aliphatic heterocycles. The Bertz CT molecular complexity index is 1780. The van der Waals surface area contributed by atoms with Crippen LogP contribution < -0.4 is 4.90 Å². The number of benzene rings is 2. The van der Waals surface area contributed by atoms with E-state index in [-0.39, 0.29) is 36.0 Å². The van der Waals surface area contributed by atoms with E-state index in [4.69, 9.17) is 0 Å². The number of fused-ring (bicyclic) bond motifs is 2. The number of pyridine rings is 1. The predicted octanol–water partition coefficient (Wildman–Crippen LogP) is 4.91. The summed E-state index contributed by atoms with van der Waals surface area (Å²) in [6.45, 7) is 2.21. The monoisotopic (exact) mass is 583 g/mol. The van der Waals surface area contributed by atoms with Crippen molar-refractivity contribution in [2.75, 3.05) is 31.1 Å². The van der Waals surface area contributed by atoms with Gasteiger partial charge in [0.1, 0.15) is 11.5 Å². The first-order valence-corrected chi connectivity index (χ1v) is 15.6. The zero-order valence-electron chi connectivity index (χ0n) is 23.0. The molecule has 2 aromatic carbocycles. The zero-order chi connectivity index (χ0) is 28.9. The van der Waals surface area contributed by atoms with Crippen LogP contribution in [0, 0.1) is 11.2 Å². The van der Waals surface area contributed by atoms with Crippen LogP contribution >= 0.6 is 0 Å². The van der Waals surface area contributed by atoms with Crippen LogP contribution in [0.2, 0.25) is 0 Å². The van der Waals surface area contributed by atoms with Crippen molar-refractivity contribution in [3.63, 3.8) is 0 Å². The van der Waals surface area contributed by atoms with Crippen LogP contribution in [0.25, 0.3) is 11.8 Å². The number of carbonyl (C=O) groups is 1. The maximum Gasteiger partial charge on any atom is 0.243 e. The number of ketones is 1. The van der Waals surface area contributed by atoms with Gasteiger partial charge in [0.2, 0.25) is 10.0 Å². The van der Waals surface area contributed by atoms with E-state index in [1.54, 1.807) is 59.5 Å². The molecule has 42 heavy (non-hydrogen) atoms. The van der Waals surface area contributed by atoms with Gasteiger partial charge in [0.15, 0.2) is 5.78 Å². The summed E-state index contributed by atoms with van der Waals surface area (Å²) in [5.41, 5.74) is 3.39.